The molecule has 38 heavy (non-hydrogen) atoms. The molecular formula is C26H28ClN7O4. The molecule has 1 heterocycles. The first-order chi connectivity index (χ1) is 18.4. The minimum Gasteiger partial charge on any atom is -0.465 e. The molecule has 1 saturated carbocycles. The van der Waals surface area contributed by atoms with Crippen LogP contribution in [0.3, 0.4) is 0 Å². The van der Waals surface area contributed by atoms with Crippen molar-refractivity contribution in [2.24, 2.45) is 0 Å². The Labute approximate surface area is 224 Å². The van der Waals surface area contributed by atoms with Gasteiger partial charge in [-0.05, 0) is 65.9 Å². The normalized spacial score (nSPS) is 18.0. The number of hydrogen-bond donors (Lipinski definition) is 4. The van der Waals surface area contributed by atoms with E-state index in [2.05, 4.69) is 31.5 Å². The van der Waals surface area contributed by atoms with Gasteiger partial charge in [-0.25, -0.2) is 4.79 Å². The van der Waals surface area contributed by atoms with E-state index in [9.17, 15) is 14.4 Å². The van der Waals surface area contributed by atoms with E-state index in [0.29, 0.717) is 48.4 Å². The molecular weight excluding hydrogens is 510 g/mol. The van der Waals surface area contributed by atoms with E-state index in [-0.39, 0.29) is 18.0 Å². The summed E-state index contributed by atoms with van der Waals surface area (Å²) >= 11 is 6.15. The van der Waals surface area contributed by atoms with Gasteiger partial charge >= 0.3 is 6.09 Å². The number of tetrazole rings is 1. The Balaban J connectivity index is 1.43. The second-order valence-electron chi connectivity index (χ2n) is 9.05. The molecule has 4 N–H and O–H groups in total. The predicted molar refractivity (Wildman–Crippen MR) is 141 cm³/mol. The van der Waals surface area contributed by atoms with E-state index in [0.717, 1.165) is 5.56 Å². The molecule has 11 nitrogen and oxygen atoms in total. The minimum absolute atomic E-state index is 0.0922. The fourth-order valence-corrected chi connectivity index (χ4v) is 4.62. The van der Waals surface area contributed by atoms with Crippen LogP contribution in [-0.4, -0.2) is 61.3 Å². The van der Waals surface area contributed by atoms with Gasteiger partial charge < -0.3 is 21.1 Å². The van der Waals surface area contributed by atoms with E-state index in [1.165, 1.54) is 17.1 Å². The van der Waals surface area contributed by atoms with E-state index in [1.54, 1.807) is 24.3 Å². The van der Waals surface area contributed by atoms with Gasteiger partial charge in [0.15, 0.2) is 0 Å². The van der Waals surface area contributed by atoms with Crippen LogP contribution in [0.15, 0.2) is 60.9 Å². The van der Waals surface area contributed by atoms with E-state index in [1.807, 2.05) is 30.3 Å². The van der Waals surface area contributed by atoms with Gasteiger partial charge in [-0.3, -0.25) is 9.59 Å². The first-order valence-electron chi connectivity index (χ1n) is 12.2. The molecule has 0 bridgehead atoms. The number of halogens is 1. The van der Waals surface area contributed by atoms with Gasteiger partial charge in [0.25, 0.3) is 0 Å². The zero-order chi connectivity index (χ0) is 26.9. The quantitative estimate of drug-likeness (QED) is 0.306. The number of nitrogens with zero attached hydrogens (tertiary/aromatic N) is 4. The second-order valence-corrected chi connectivity index (χ2v) is 9.48. The average Bonchev–Trinajstić information content (AvgIpc) is 3.43. The SMILES string of the molecule is O=C(O)NC1CCC(NC(=O)[C@H](Cc2ccccc2)NC(=O)/C=C/c2cc(Cl)ccc2-n2cnnn2)CC1. The highest BCUT2D eigenvalue weighted by Gasteiger charge is 2.27. The number of amides is 3. The van der Waals surface area contributed by atoms with Crippen LogP contribution in [0.4, 0.5) is 4.79 Å². The average molecular weight is 538 g/mol. The Morgan fingerprint density at radius 2 is 1.76 bits per heavy atom. The van der Waals surface area contributed by atoms with Crippen molar-refractivity contribution in [3.05, 3.63) is 77.1 Å². The lowest BCUT2D eigenvalue weighted by Gasteiger charge is -2.30. The van der Waals surface area contributed by atoms with Gasteiger partial charge in [0.1, 0.15) is 12.4 Å². The van der Waals surface area contributed by atoms with Crippen LogP contribution >= 0.6 is 11.6 Å². The number of nitrogens with one attached hydrogen (secondary N) is 3. The van der Waals surface area contributed by atoms with Gasteiger partial charge in [0.05, 0.1) is 5.69 Å². The number of benzene rings is 2. The maximum atomic E-state index is 13.2. The van der Waals surface area contributed by atoms with Crippen molar-refractivity contribution < 1.29 is 19.5 Å². The second kappa shape index (κ2) is 12.8. The van der Waals surface area contributed by atoms with Crippen molar-refractivity contribution >= 4 is 35.6 Å². The van der Waals surface area contributed by atoms with Gasteiger partial charge in [-0.15, -0.1) is 5.10 Å². The predicted octanol–water partition coefficient (Wildman–Crippen LogP) is 2.75. The summed E-state index contributed by atoms with van der Waals surface area (Å²) in [7, 11) is 0. The molecule has 0 radical (unpaired) electrons. The molecule has 3 aromatic rings. The fraction of sp³-hybridized carbons (Fsp3) is 0.308. The number of carbonyl (C=O) groups excluding carboxylic acids is 2. The smallest absolute Gasteiger partial charge is 0.404 e. The summed E-state index contributed by atoms with van der Waals surface area (Å²) in [5.74, 6) is -0.736. The third-order valence-corrected chi connectivity index (χ3v) is 6.55. The van der Waals surface area contributed by atoms with Crippen molar-refractivity contribution in [1.82, 2.24) is 36.2 Å². The lowest BCUT2D eigenvalue weighted by atomic mass is 9.91. The number of carbonyl (C=O) groups is 3. The number of aromatic nitrogens is 4. The van der Waals surface area contributed by atoms with Crippen molar-refractivity contribution in [2.45, 2.75) is 50.2 Å². The summed E-state index contributed by atoms with van der Waals surface area (Å²) in [5.41, 5.74) is 2.16. The van der Waals surface area contributed by atoms with Crippen LogP contribution in [0.2, 0.25) is 5.02 Å². The molecule has 2 aromatic carbocycles. The molecule has 0 saturated heterocycles. The monoisotopic (exact) mass is 537 g/mol. The van der Waals surface area contributed by atoms with Crippen LogP contribution in [0.25, 0.3) is 11.8 Å². The Morgan fingerprint density at radius 1 is 1.05 bits per heavy atom. The Kier molecular flexibility index (Phi) is 9.04. The third kappa shape index (κ3) is 7.62. The summed E-state index contributed by atoms with van der Waals surface area (Å²) in [6.45, 7) is 0. The highest BCUT2D eigenvalue weighted by atomic mass is 35.5. The zero-order valence-corrected chi connectivity index (χ0v) is 21.2. The van der Waals surface area contributed by atoms with E-state index >= 15 is 0 Å². The van der Waals surface area contributed by atoms with Crippen LogP contribution in [0, 0.1) is 0 Å². The van der Waals surface area contributed by atoms with Gasteiger partial charge in [-0.2, -0.15) is 4.68 Å². The van der Waals surface area contributed by atoms with E-state index in [4.69, 9.17) is 16.7 Å². The maximum Gasteiger partial charge on any atom is 0.404 e. The van der Waals surface area contributed by atoms with Crippen molar-refractivity contribution in [3.63, 3.8) is 0 Å². The molecule has 0 spiro atoms. The first-order valence-corrected chi connectivity index (χ1v) is 12.6. The Hall–Kier alpha value is -4.25. The number of hydrogen-bond acceptors (Lipinski definition) is 6. The standard InChI is InChI=1S/C26H28ClN7O4/c27-19-7-12-23(34-16-28-32-33-34)18(15-19)6-13-24(35)31-22(14-17-4-2-1-3-5-17)25(36)29-20-8-10-21(11-9-20)30-26(37)38/h1-7,12-13,15-16,20-22,30H,8-11,14H2,(H,29,36)(H,31,35)(H,37,38)/b13-6+/t20?,21?,22-/m0/s1. The lowest BCUT2D eigenvalue weighted by Crippen LogP contribution is -2.51. The van der Waals surface area contributed by atoms with Crippen LogP contribution < -0.4 is 16.0 Å². The van der Waals surface area contributed by atoms with Crippen LogP contribution in [-0.2, 0) is 16.0 Å². The number of carboxylic acid groups (broad SMARTS) is 1. The highest BCUT2D eigenvalue weighted by molar-refractivity contribution is 6.30. The maximum absolute atomic E-state index is 13.2. The molecule has 1 aromatic heterocycles. The Morgan fingerprint density at radius 3 is 2.42 bits per heavy atom. The van der Waals surface area contributed by atoms with Gasteiger partial charge in [-0.1, -0.05) is 41.9 Å². The molecule has 0 unspecified atom stereocenters. The molecule has 3 amide bonds. The molecule has 1 aliphatic rings. The first kappa shape index (κ1) is 26.8. The van der Waals surface area contributed by atoms with Gasteiger partial charge in [0, 0.05) is 35.2 Å². The van der Waals surface area contributed by atoms with Crippen LogP contribution in [0.1, 0.15) is 36.8 Å². The summed E-state index contributed by atoms with van der Waals surface area (Å²) in [6.07, 6.45) is 6.22. The molecule has 4 rings (SSSR count). The molecule has 0 aliphatic heterocycles. The molecule has 12 heteroatoms. The summed E-state index contributed by atoms with van der Waals surface area (Å²) in [5, 5.41) is 28.9. The highest BCUT2D eigenvalue weighted by Crippen LogP contribution is 2.21. The van der Waals surface area contributed by atoms with Crippen molar-refractivity contribution in [1.29, 1.82) is 0 Å². The third-order valence-electron chi connectivity index (χ3n) is 6.32. The molecule has 198 valence electrons. The van der Waals surface area contributed by atoms with Gasteiger partial charge in [0.2, 0.25) is 11.8 Å². The Bertz CT molecular complexity index is 1280. The lowest BCUT2D eigenvalue weighted by molar-refractivity contribution is -0.127. The van der Waals surface area contributed by atoms with Crippen LogP contribution in [0.5, 0.6) is 0 Å². The topological polar surface area (TPSA) is 151 Å². The molecule has 1 aliphatic carbocycles. The van der Waals surface area contributed by atoms with E-state index < -0.39 is 18.0 Å². The molecule has 1 atom stereocenters. The minimum atomic E-state index is -1.04. The largest absolute Gasteiger partial charge is 0.465 e. The summed E-state index contributed by atoms with van der Waals surface area (Å²) in [6, 6.07) is 13.5. The van der Waals surface area contributed by atoms with Crippen molar-refractivity contribution in [3.8, 4) is 5.69 Å². The summed E-state index contributed by atoms with van der Waals surface area (Å²) < 4.78 is 1.46. The fourth-order valence-electron chi connectivity index (χ4n) is 4.44. The number of rotatable bonds is 9. The van der Waals surface area contributed by atoms with Crippen molar-refractivity contribution in [2.75, 3.05) is 0 Å². The molecule has 1 fully saturated rings. The summed E-state index contributed by atoms with van der Waals surface area (Å²) in [4.78, 5) is 37.0. The zero-order valence-electron chi connectivity index (χ0n) is 20.5.